The number of non-ortho nitro benzene ring substituents is 1. The summed E-state index contributed by atoms with van der Waals surface area (Å²) in [6, 6.07) is 16.2. The van der Waals surface area contributed by atoms with Crippen molar-refractivity contribution >= 4 is 42.0 Å². The van der Waals surface area contributed by atoms with Crippen LogP contribution in [0.3, 0.4) is 0 Å². The van der Waals surface area contributed by atoms with E-state index in [-0.39, 0.29) is 22.8 Å². The molecule has 0 aliphatic rings. The molecule has 1 aromatic heterocycles. The third kappa shape index (κ3) is 7.17. The van der Waals surface area contributed by atoms with E-state index in [1.807, 2.05) is 0 Å². The summed E-state index contributed by atoms with van der Waals surface area (Å²) >= 11 is 0. The first-order chi connectivity index (χ1) is 19.0. The fourth-order valence-electron chi connectivity index (χ4n) is 3.62. The molecule has 0 radical (unpaired) electrons. The van der Waals surface area contributed by atoms with Crippen molar-refractivity contribution in [3.05, 3.63) is 94.3 Å². The second-order valence-electron chi connectivity index (χ2n) is 8.83. The normalized spacial score (nSPS) is 13.7. The number of rotatable bonds is 11. The van der Waals surface area contributed by atoms with Gasteiger partial charge in [0.2, 0.25) is 12.3 Å². The zero-order valence-electron chi connectivity index (χ0n) is 21.6. The van der Waals surface area contributed by atoms with Gasteiger partial charge in [-0.15, -0.1) is 0 Å². The lowest BCUT2D eigenvalue weighted by Gasteiger charge is -2.18. The molecule has 0 aliphatic carbocycles. The minimum Gasteiger partial charge on any atom is -0.399 e. The van der Waals surface area contributed by atoms with Crippen LogP contribution in [-0.2, 0) is 13.9 Å². The van der Waals surface area contributed by atoms with E-state index in [0.717, 1.165) is 4.73 Å². The lowest BCUT2D eigenvalue weighted by Crippen LogP contribution is -2.17. The fraction of sp³-hybridized carbons (Fsp3) is 0.185. The van der Waals surface area contributed by atoms with Gasteiger partial charge >= 0.3 is 7.60 Å². The number of imidazole rings is 1. The molecule has 3 aromatic carbocycles. The number of fused-ring (bicyclic) bond motifs is 1. The molecule has 2 unspecified atom stereocenters. The van der Waals surface area contributed by atoms with Crippen LogP contribution >= 0.6 is 7.60 Å². The molecular formula is C27H26FN4O7P. The second-order valence-corrected chi connectivity index (χ2v) is 10.6. The van der Waals surface area contributed by atoms with E-state index in [1.165, 1.54) is 36.4 Å². The summed E-state index contributed by atoms with van der Waals surface area (Å²) in [5.74, 6) is -0.559. The number of hydrogen-bond donors (Lipinski definition) is 2. The van der Waals surface area contributed by atoms with E-state index in [2.05, 4.69) is 10.3 Å². The summed E-state index contributed by atoms with van der Waals surface area (Å²) in [6.07, 6.45) is 2.18. The zero-order chi connectivity index (χ0) is 28.9. The van der Waals surface area contributed by atoms with Crippen LogP contribution in [0.1, 0.15) is 25.8 Å². The van der Waals surface area contributed by atoms with E-state index in [9.17, 15) is 28.8 Å². The number of nitro benzene ring substituents is 1. The van der Waals surface area contributed by atoms with Crippen molar-refractivity contribution in [2.45, 2.75) is 26.4 Å². The number of carbonyl (C=O) groups is 1. The number of halogens is 1. The molecule has 0 aliphatic heterocycles. The molecule has 2 atom stereocenters. The molecule has 40 heavy (non-hydrogen) atoms. The molecule has 0 saturated carbocycles. The molecule has 0 bridgehead atoms. The van der Waals surface area contributed by atoms with Gasteiger partial charge in [-0.25, -0.2) is 9.37 Å². The van der Waals surface area contributed by atoms with Crippen LogP contribution in [0.25, 0.3) is 28.5 Å². The Balaban J connectivity index is 1.58. The molecule has 13 heteroatoms. The van der Waals surface area contributed by atoms with Crippen molar-refractivity contribution in [3.63, 3.8) is 0 Å². The number of anilines is 1. The molecule has 4 rings (SSSR count). The highest BCUT2D eigenvalue weighted by Crippen LogP contribution is 2.43. The Labute approximate surface area is 228 Å². The van der Waals surface area contributed by atoms with Gasteiger partial charge in [0.1, 0.15) is 11.3 Å². The average Bonchev–Trinajstić information content (AvgIpc) is 3.29. The minimum atomic E-state index is -4.16. The first kappa shape index (κ1) is 28.6. The van der Waals surface area contributed by atoms with E-state index >= 15 is 0 Å². The summed E-state index contributed by atoms with van der Waals surface area (Å²) in [6.45, 7) is 3.46. The van der Waals surface area contributed by atoms with Crippen molar-refractivity contribution in [1.82, 2.24) is 9.71 Å². The van der Waals surface area contributed by atoms with Gasteiger partial charge < -0.3 is 19.6 Å². The number of carbonyl (C=O) groups excluding carboxylic acids is 1. The number of amides is 1. The Morgan fingerprint density at radius 3 is 2.55 bits per heavy atom. The SMILES string of the molecule is CCC(C)OP(=O)(O)COn1c(-c2ccc(NC(=O)C=Cc3ccc(F)cc3)cc2)nc2ccc([N+](=O)[O-])cc21. The van der Waals surface area contributed by atoms with Crippen LogP contribution < -0.4 is 10.2 Å². The fourth-order valence-corrected chi connectivity index (χ4v) is 4.65. The minimum absolute atomic E-state index is 0.210. The first-order valence-electron chi connectivity index (χ1n) is 12.2. The Bertz CT molecular complexity index is 1600. The molecular weight excluding hydrogens is 542 g/mol. The molecule has 0 fully saturated rings. The molecule has 4 aromatic rings. The molecule has 208 valence electrons. The summed E-state index contributed by atoms with van der Waals surface area (Å²) in [5.41, 5.74) is 2.01. The van der Waals surface area contributed by atoms with Gasteiger partial charge in [-0.1, -0.05) is 19.1 Å². The highest BCUT2D eigenvalue weighted by atomic mass is 31.2. The highest BCUT2D eigenvalue weighted by Gasteiger charge is 2.26. The molecule has 2 N–H and O–H groups in total. The molecule has 11 nitrogen and oxygen atoms in total. The van der Waals surface area contributed by atoms with E-state index in [4.69, 9.17) is 9.36 Å². The number of nitrogens with zero attached hydrogens (tertiary/aromatic N) is 3. The largest absolute Gasteiger partial charge is 0.399 e. The summed E-state index contributed by atoms with van der Waals surface area (Å²) in [7, 11) is -4.16. The summed E-state index contributed by atoms with van der Waals surface area (Å²) in [5, 5.41) is 14.1. The molecule has 1 heterocycles. The van der Waals surface area contributed by atoms with Gasteiger partial charge in [-0.3, -0.25) is 19.5 Å². The Kier molecular flexibility index (Phi) is 8.73. The van der Waals surface area contributed by atoms with Crippen molar-refractivity contribution in [1.29, 1.82) is 0 Å². The molecule has 0 spiro atoms. The Morgan fingerprint density at radius 2 is 1.90 bits per heavy atom. The topological polar surface area (TPSA) is 146 Å². The lowest BCUT2D eigenvalue weighted by atomic mass is 10.2. The molecule has 0 saturated heterocycles. The van der Waals surface area contributed by atoms with Crippen LogP contribution in [0.15, 0.2) is 72.8 Å². The maximum atomic E-state index is 13.0. The van der Waals surface area contributed by atoms with Gasteiger partial charge in [0.25, 0.3) is 5.69 Å². The van der Waals surface area contributed by atoms with Gasteiger partial charge in [0.15, 0.2) is 5.82 Å². The van der Waals surface area contributed by atoms with Crippen LogP contribution in [0.5, 0.6) is 0 Å². The monoisotopic (exact) mass is 568 g/mol. The van der Waals surface area contributed by atoms with Gasteiger partial charge in [-0.2, -0.15) is 4.73 Å². The van der Waals surface area contributed by atoms with E-state index in [0.29, 0.717) is 28.8 Å². The molecule has 1 amide bonds. The maximum Gasteiger partial charge on any atom is 0.368 e. The van der Waals surface area contributed by atoms with E-state index < -0.39 is 30.9 Å². The second kappa shape index (κ2) is 12.2. The number of nitrogens with one attached hydrogen (secondary N) is 1. The van der Waals surface area contributed by atoms with Crippen molar-refractivity contribution in [2.24, 2.45) is 0 Å². The average molecular weight is 568 g/mol. The summed E-state index contributed by atoms with van der Waals surface area (Å²) < 4.78 is 31.9. The first-order valence-corrected chi connectivity index (χ1v) is 14.0. The lowest BCUT2D eigenvalue weighted by molar-refractivity contribution is -0.384. The summed E-state index contributed by atoms with van der Waals surface area (Å²) in [4.78, 5) is 43.5. The van der Waals surface area contributed by atoms with Gasteiger partial charge in [0.05, 0.1) is 16.5 Å². The van der Waals surface area contributed by atoms with Crippen LogP contribution in [0, 0.1) is 15.9 Å². The van der Waals surface area contributed by atoms with Crippen LogP contribution in [0.2, 0.25) is 0 Å². The van der Waals surface area contributed by atoms with Crippen molar-refractivity contribution in [3.8, 4) is 11.4 Å². The predicted octanol–water partition coefficient (Wildman–Crippen LogP) is 5.79. The Hall–Kier alpha value is -4.38. The quantitative estimate of drug-likeness (QED) is 0.100. The smallest absolute Gasteiger partial charge is 0.368 e. The maximum absolute atomic E-state index is 13.0. The third-order valence-electron chi connectivity index (χ3n) is 5.78. The standard InChI is InChI=1S/C27H26FN4O7P/c1-3-18(2)39-40(36,37)17-38-31-25-16-23(32(34)35)13-14-24(25)30-27(31)20-7-11-22(12-8-20)29-26(33)15-6-19-4-9-21(28)10-5-19/h4-16,18H,3,17H2,1-2H3,(H,29,33)(H,36,37). The van der Waals surface area contributed by atoms with Gasteiger partial charge in [0, 0.05) is 29.5 Å². The number of nitro groups is 1. The number of hydrogen-bond acceptors (Lipinski definition) is 7. The zero-order valence-corrected chi connectivity index (χ0v) is 22.5. The van der Waals surface area contributed by atoms with E-state index in [1.54, 1.807) is 56.3 Å². The highest BCUT2D eigenvalue weighted by molar-refractivity contribution is 7.52. The van der Waals surface area contributed by atoms with Crippen molar-refractivity contribution in [2.75, 3.05) is 11.7 Å². The van der Waals surface area contributed by atoms with Crippen LogP contribution in [-0.4, -0.2) is 37.9 Å². The predicted molar refractivity (Wildman–Crippen MR) is 148 cm³/mol. The van der Waals surface area contributed by atoms with Crippen LogP contribution in [0.4, 0.5) is 15.8 Å². The Morgan fingerprint density at radius 1 is 1.20 bits per heavy atom. The third-order valence-corrected chi connectivity index (χ3v) is 6.92. The van der Waals surface area contributed by atoms with Crippen molar-refractivity contribution < 1.29 is 32.9 Å². The number of aromatic nitrogens is 2. The number of benzene rings is 3. The van der Waals surface area contributed by atoms with Gasteiger partial charge in [-0.05, 0) is 67.4 Å².